The van der Waals surface area contributed by atoms with Gasteiger partial charge in [-0.25, -0.2) is 0 Å². The lowest BCUT2D eigenvalue weighted by Gasteiger charge is -2.42. The minimum Gasteiger partial charge on any atom is -0.466 e. The summed E-state index contributed by atoms with van der Waals surface area (Å²) in [6.07, 6.45) is 2.69. The lowest BCUT2D eigenvalue weighted by Crippen LogP contribution is -2.60. The Kier molecular flexibility index (Phi) is 7.42. The van der Waals surface area contributed by atoms with Gasteiger partial charge in [0.25, 0.3) is 0 Å². The zero-order valence-electron chi connectivity index (χ0n) is 19.4. The summed E-state index contributed by atoms with van der Waals surface area (Å²) in [5, 5.41) is 9.24. The van der Waals surface area contributed by atoms with Crippen molar-refractivity contribution in [3.63, 3.8) is 0 Å². The highest BCUT2D eigenvalue weighted by atomic mass is 79.9. The Labute approximate surface area is 198 Å². The molecular weight excluding hydrogens is 480 g/mol. The number of aliphatic hydroxyl groups is 1. The van der Waals surface area contributed by atoms with Gasteiger partial charge in [0, 0.05) is 30.1 Å². The second-order valence-corrected chi connectivity index (χ2v) is 11.0. The molecule has 0 saturated carbocycles. The fourth-order valence-electron chi connectivity index (χ4n) is 5.52. The Bertz CT molecular complexity index is 768. The van der Waals surface area contributed by atoms with Crippen LogP contribution in [0.1, 0.15) is 47.0 Å². The summed E-state index contributed by atoms with van der Waals surface area (Å²) in [5.41, 5.74) is -1.58. The van der Waals surface area contributed by atoms with Gasteiger partial charge in [-0.15, -0.1) is 6.58 Å². The van der Waals surface area contributed by atoms with Crippen molar-refractivity contribution in [3.05, 3.63) is 12.7 Å². The molecule has 2 bridgehead atoms. The second-order valence-electron chi connectivity index (χ2n) is 9.79. The standard InChI is InChI=1S/C23H35BrN2O6/c1-6-10-26(22(3,4)5)20(29)18-23-13-14(24)17(32-23)15(21(30)31-7-2)16(23)19(28)25(18)11-8-9-12-27/h6,14-18,27H,1,7-13H2,2-5H3/t14?,15-,16+,17-,18?,23?/m1/s1. The van der Waals surface area contributed by atoms with Crippen LogP contribution in [0.15, 0.2) is 12.7 Å². The van der Waals surface area contributed by atoms with Gasteiger partial charge in [0.2, 0.25) is 11.8 Å². The van der Waals surface area contributed by atoms with E-state index < -0.39 is 41.1 Å². The molecule has 3 unspecified atom stereocenters. The van der Waals surface area contributed by atoms with E-state index in [0.717, 1.165) is 0 Å². The van der Waals surface area contributed by atoms with Crippen molar-refractivity contribution < 1.29 is 29.0 Å². The van der Waals surface area contributed by atoms with Gasteiger partial charge in [0.05, 0.1) is 24.5 Å². The number of amides is 2. The number of aliphatic hydroxyl groups excluding tert-OH is 1. The second kappa shape index (κ2) is 9.43. The molecule has 0 aromatic heterocycles. The molecule has 3 saturated heterocycles. The monoisotopic (exact) mass is 514 g/mol. The Morgan fingerprint density at radius 1 is 1.41 bits per heavy atom. The van der Waals surface area contributed by atoms with Crippen LogP contribution in [0, 0.1) is 11.8 Å². The Hall–Kier alpha value is -1.45. The van der Waals surface area contributed by atoms with Crippen LogP contribution in [-0.2, 0) is 23.9 Å². The van der Waals surface area contributed by atoms with Gasteiger partial charge in [-0.3, -0.25) is 14.4 Å². The first kappa shape index (κ1) is 25.2. The number of nitrogens with zero attached hydrogens (tertiary/aromatic N) is 2. The molecule has 0 radical (unpaired) electrons. The highest BCUT2D eigenvalue weighted by molar-refractivity contribution is 9.09. The summed E-state index contributed by atoms with van der Waals surface area (Å²) >= 11 is 3.64. The quantitative estimate of drug-likeness (QED) is 0.218. The Balaban J connectivity index is 2.06. The summed E-state index contributed by atoms with van der Waals surface area (Å²) < 4.78 is 11.7. The lowest BCUT2D eigenvalue weighted by atomic mass is 9.70. The molecule has 3 aliphatic rings. The van der Waals surface area contributed by atoms with E-state index in [4.69, 9.17) is 9.47 Å². The molecule has 3 rings (SSSR count). The molecular formula is C23H35BrN2O6. The highest BCUT2D eigenvalue weighted by Crippen LogP contribution is 2.60. The van der Waals surface area contributed by atoms with E-state index in [0.29, 0.717) is 32.4 Å². The highest BCUT2D eigenvalue weighted by Gasteiger charge is 2.77. The first-order valence-electron chi connectivity index (χ1n) is 11.4. The normalized spacial score (nSPS) is 33.4. The van der Waals surface area contributed by atoms with E-state index >= 15 is 0 Å². The van der Waals surface area contributed by atoms with Crippen molar-refractivity contribution in [1.82, 2.24) is 9.80 Å². The van der Waals surface area contributed by atoms with E-state index in [9.17, 15) is 19.5 Å². The lowest BCUT2D eigenvalue weighted by molar-refractivity contribution is -0.155. The fraction of sp³-hybridized carbons (Fsp3) is 0.783. The van der Waals surface area contributed by atoms with Gasteiger partial charge in [0.15, 0.2) is 0 Å². The molecule has 2 amide bonds. The van der Waals surface area contributed by atoms with E-state index in [1.54, 1.807) is 22.8 Å². The number of fused-ring (bicyclic) bond motifs is 1. The van der Waals surface area contributed by atoms with Crippen molar-refractivity contribution in [2.75, 3.05) is 26.3 Å². The molecule has 0 aromatic carbocycles. The molecule has 0 aromatic rings. The zero-order valence-corrected chi connectivity index (χ0v) is 21.0. The third-order valence-corrected chi connectivity index (χ3v) is 7.62. The Morgan fingerprint density at radius 2 is 2.09 bits per heavy atom. The number of carbonyl (C=O) groups is 3. The predicted molar refractivity (Wildman–Crippen MR) is 122 cm³/mol. The number of carbonyl (C=O) groups excluding carboxylic acids is 3. The predicted octanol–water partition coefficient (Wildman–Crippen LogP) is 1.88. The molecule has 3 aliphatic heterocycles. The number of alkyl halides is 1. The maximum Gasteiger partial charge on any atom is 0.312 e. The van der Waals surface area contributed by atoms with E-state index in [2.05, 4.69) is 22.5 Å². The molecule has 6 atom stereocenters. The van der Waals surface area contributed by atoms with Crippen LogP contribution >= 0.6 is 15.9 Å². The number of hydrogen-bond acceptors (Lipinski definition) is 6. The molecule has 1 N–H and O–H groups in total. The number of unbranched alkanes of at least 4 members (excludes halogenated alkanes) is 1. The van der Waals surface area contributed by atoms with Gasteiger partial charge in [-0.2, -0.15) is 0 Å². The SMILES string of the molecule is C=CCN(C(=O)C1N(CCCCO)C(=O)[C@@H]2[C@@H](C(=O)OCC)[C@@H]3OC12CC3Br)C(C)(C)C. The van der Waals surface area contributed by atoms with Crippen LogP contribution in [0.25, 0.3) is 0 Å². The Morgan fingerprint density at radius 3 is 2.66 bits per heavy atom. The number of esters is 1. The van der Waals surface area contributed by atoms with Crippen molar-refractivity contribution in [3.8, 4) is 0 Å². The summed E-state index contributed by atoms with van der Waals surface area (Å²) in [6, 6.07) is -0.845. The third-order valence-electron chi connectivity index (χ3n) is 6.78. The van der Waals surface area contributed by atoms with Gasteiger partial charge >= 0.3 is 5.97 Å². The molecule has 8 nitrogen and oxygen atoms in total. The van der Waals surface area contributed by atoms with Crippen LogP contribution in [-0.4, -0.2) is 87.1 Å². The fourth-order valence-corrected chi connectivity index (χ4v) is 6.46. The van der Waals surface area contributed by atoms with Crippen molar-refractivity contribution in [2.45, 2.75) is 75.1 Å². The summed E-state index contributed by atoms with van der Waals surface area (Å²) in [6.45, 7) is 12.2. The van der Waals surface area contributed by atoms with Crippen LogP contribution in [0.4, 0.5) is 0 Å². The topological polar surface area (TPSA) is 96.4 Å². The number of likely N-dealkylation sites (tertiary alicyclic amines) is 1. The summed E-state index contributed by atoms with van der Waals surface area (Å²) in [5.74, 6) is -2.41. The molecule has 180 valence electrons. The number of halogens is 1. The van der Waals surface area contributed by atoms with Crippen molar-refractivity contribution in [2.24, 2.45) is 11.8 Å². The van der Waals surface area contributed by atoms with Crippen LogP contribution < -0.4 is 0 Å². The van der Waals surface area contributed by atoms with Crippen LogP contribution in [0.2, 0.25) is 0 Å². The molecule has 3 heterocycles. The minimum atomic E-state index is -1.09. The van der Waals surface area contributed by atoms with Crippen molar-refractivity contribution in [1.29, 1.82) is 0 Å². The average Bonchev–Trinajstić information content (AvgIpc) is 3.29. The summed E-state index contributed by atoms with van der Waals surface area (Å²) in [4.78, 5) is 43.7. The van der Waals surface area contributed by atoms with E-state index in [1.807, 2.05) is 20.8 Å². The van der Waals surface area contributed by atoms with Gasteiger partial charge in [0.1, 0.15) is 11.6 Å². The maximum atomic E-state index is 14.0. The molecule has 1 spiro atoms. The number of rotatable bonds is 9. The van der Waals surface area contributed by atoms with E-state index in [1.165, 1.54) is 0 Å². The van der Waals surface area contributed by atoms with Crippen molar-refractivity contribution >= 4 is 33.7 Å². The zero-order chi connectivity index (χ0) is 23.8. The molecule has 3 fully saturated rings. The van der Waals surface area contributed by atoms with E-state index in [-0.39, 0.29) is 29.9 Å². The number of ether oxygens (including phenoxy) is 2. The van der Waals surface area contributed by atoms with Gasteiger partial charge in [-0.05, 0) is 47.0 Å². The molecule has 0 aliphatic carbocycles. The maximum absolute atomic E-state index is 14.0. The minimum absolute atomic E-state index is 0.00724. The first-order valence-corrected chi connectivity index (χ1v) is 12.3. The van der Waals surface area contributed by atoms with Crippen LogP contribution in [0.5, 0.6) is 0 Å². The molecule has 32 heavy (non-hydrogen) atoms. The smallest absolute Gasteiger partial charge is 0.312 e. The van der Waals surface area contributed by atoms with Gasteiger partial charge < -0.3 is 24.4 Å². The summed E-state index contributed by atoms with van der Waals surface area (Å²) in [7, 11) is 0. The largest absolute Gasteiger partial charge is 0.466 e. The third kappa shape index (κ3) is 4.01. The van der Waals surface area contributed by atoms with Crippen LogP contribution in [0.3, 0.4) is 0 Å². The first-order chi connectivity index (χ1) is 15.0. The van der Waals surface area contributed by atoms with Gasteiger partial charge in [-0.1, -0.05) is 22.0 Å². The number of hydrogen-bond donors (Lipinski definition) is 1. The average molecular weight is 515 g/mol. The molecule has 9 heteroatoms.